The third kappa shape index (κ3) is 3.22. The molecule has 1 aromatic carbocycles. The van der Waals surface area contributed by atoms with E-state index in [1.165, 1.54) is 31.2 Å². The van der Waals surface area contributed by atoms with Crippen LogP contribution in [0.15, 0.2) is 24.3 Å². The van der Waals surface area contributed by atoms with Gasteiger partial charge in [0.1, 0.15) is 5.75 Å². The molecule has 0 amide bonds. The highest BCUT2D eigenvalue weighted by atomic mass is 16.5. The van der Waals surface area contributed by atoms with Gasteiger partial charge in [0.15, 0.2) is 0 Å². The zero-order chi connectivity index (χ0) is 12.1. The summed E-state index contributed by atoms with van der Waals surface area (Å²) in [6.45, 7) is 3.09. The molecule has 0 saturated carbocycles. The summed E-state index contributed by atoms with van der Waals surface area (Å²) in [4.78, 5) is 0. The van der Waals surface area contributed by atoms with Crippen molar-refractivity contribution in [1.82, 2.24) is 0 Å². The van der Waals surface area contributed by atoms with Crippen LogP contribution < -0.4 is 4.74 Å². The highest BCUT2D eigenvalue weighted by Crippen LogP contribution is 2.30. The first-order valence-corrected chi connectivity index (χ1v) is 6.59. The fourth-order valence-electron chi connectivity index (χ4n) is 2.49. The summed E-state index contributed by atoms with van der Waals surface area (Å²) < 4.78 is 11.1. The molecule has 2 heteroatoms. The van der Waals surface area contributed by atoms with Crippen molar-refractivity contribution >= 4 is 0 Å². The van der Waals surface area contributed by atoms with Crippen molar-refractivity contribution in [3.05, 3.63) is 29.8 Å². The van der Waals surface area contributed by atoms with Crippen LogP contribution in [-0.2, 0) is 4.74 Å². The first-order chi connectivity index (χ1) is 8.33. The fraction of sp³-hybridized carbons (Fsp3) is 0.600. The minimum atomic E-state index is 0.495. The molecule has 94 valence electrons. The number of hydrogen-bond donors (Lipinski definition) is 0. The minimum Gasteiger partial charge on any atom is -0.497 e. The summed E-state index contributed by atoms with van der Waals surface area (Å²) in [5.74, 6) is 1.49. The van der Waals surface area contributed by atoms with Gasteiger partial charge in [0.2, 0.25) is 0 Å². The number of ether oxygens (including phenoxy) is 2. The van der Waals surface area contributed by atoms with Crippen LogP contribution in [0.3, 0.4) is 0 Å². The lowest BCUT2D eigenvalue weighted by atomic mass is 9.90. The number of methoxy groups -OCH3 is 1. The Labute approximate surface area is 104 Å². The molecule has 0 spiro atoms. The van der Waals surface area contributed by atoms with E-state index in [0.29, 0.717) is 12.0 Å². The normalized spacial score (nSPS) is 24.6. The monoisotopic (exact) mass is 234 g/mol. The molecule has 17 heavy (non-hydrogen) atoms. The standard InChI is InChI=1S/C15H22O2/c1-3-4-15-10-7-13(11-17-15)12-5-8-14(16-2)9-6-12/h5-6,8-9,13,15H,3-4,7,10-11H2,1-2H3. The molecule has 1 heterocycles. The van der Waals surface area contributed by atoms with Crippen LogP contribution in [0.5, 0.6) is 5.75 Å². The van der Waals surface area contributed by atoms with Gasteiger partial charge in [0.25, 0.3) is 0 Å². The van der Waals surface area contributed by atoms with Gasteiger partial charge >= 0.3 is 0 Å². The molecule has 0 bridgehead atoms. The Morgan fingerprint density at radius 3 is 2.53 bits per heavy atom. The van der Waals surface area contributed by atoms with E-state index in [-0.39, 0.29) is 0 Å². The van der Waals surface area contributed by atoms with E-state index >= 15 is 0 Å². The van der Waals surface area contributed by atoms with Crippen LogP contribution in [0.4, 0.5) is 0 Å². The Morgan fingerprint density at radius 2 is 2.00 bits per heavy atom. The summed E-state index contributed by atoms with van der Waals surface area (Å²) in [7, 11) is 1.70. The van der Waals surface area contributed by atoms with Gasteiger partial charge in [-0.15, -0.1) is 0 Å². The van der Waals surface area contributed by atoms with Gasteiger partial charge in [-0.2, -0.15) is 0 Å². The molecule has 0 N–H and O–H groups in total. The van der Waals surface area contributed by atoms with Gasteiger partial charge in [0, 0.05) is 5.92 Å². The second-order valence-electron chi connectivity index (χ2n) is 4.79. The SMILES string of the molecule is CCCC1CCC(c2ccc(OC)cc2)CO1. The topological polar surface area (TPSA) is 18.5 Å². The zero-order valence-corrected chi connectivity index (χ0v) is 10.8. The summed E-state index contributed by atoms with van der Waals surface area (Å²) in [5.41, 5.74) is 1.38. The van der Waals surface area contributed by atoms with Crippen LogP contribution in [0.1, 0.15) is 44.1 Å². The largest absolute Gasteiger partial charge is 0.497 e. The molecule has 1 saturated heterocycles. The molecular weight excluding hydrogens is 212 g/mol. The van der Waals surface area contributed by atoms with Gasteiger partial charge in [-0.05, 0) is 37.0 Å². The maximum atomic E-state index is 5.91. The second-order valence-corrected chi connectivity index (χ2v) is 4.79. The highest BCUT2D eigenvalue weighted by Gasteiger charge is 2.22. The molecule has 1 aliphatic heterocycles. The molecular formula is C15H22O2. The quantitative estimate of drug-likeness (QED) is 0.789. The van der Waals surface area contributed by atoms with Crippen molar-refractivity contribution in [2.75, 3.05) is 13.7 Å². The van der Waals surface area contributed by atoms with Crippen molar-refractivity contribution in [3.63, 3.8) is 0 Å². The molecule has 1 aromatic rings. The summed E-state index contributed by atoms with van der Waals surface area (Å²) in [5, 5.41) is 0. The van der Waals surface area contributed by atoms with E-state index in [1.54, 1.807) is 7.11 Å². The smallest absolute Gasteiger partial charge is 0.118 e. The van der Waals surface area contributed by atoms with E-state index in [2.05, 4.69) is 19.1 Å². The van der Waals surface area contributed by atoms with E-state index in [1.807, 2.05) is 12.1 Å². The Kier molecular flexibility index (Phi) is 4.43. The molecule has 2 unspecified atom stereocenters. The summed E-state index contributed by atoms with van der Waals surface area (Å²) >= 11 is 0. The number of rotatable bonds is 4. The maximum Gasteiger partial charge on any atom is 0.118 e. The fourth-order valence-corrected chi connectivity index (χ4v) is 2.49. The molecule has 1 fully saturated rings. The Morgan fingerprint density at radius 1 is 1.24 bits per heavy atom. The van der Waals surface area contributed by atoms with Crippen LogP contribution in [0.2, 0.25) is 0 Å². The van der Waals surface area contributed by atoms with E-state index < -0.39 is 0 Å². The molecule has 0 aromatic heterocycles. The van der Waals surface area contributed by atoms with Crippen LogP contribution in [0, 0.1) is 0 Å². The van der Waals surface area contributed by atoms with Gasteiger partial charge in [-0.25, -0.2) is 0 Å². The zero-order valence-electron chi connectivity index (χ0n) is 10.8. The molecule has 2 nitrogen and oxygen atoms in total. The third-order valence-corrected chi connectivity index (χ3v) is 3.57. The lowest BCUT2D eigenvalue weighted by Crippen LogP contribution is -2.24. The molecule has 1 aliphatic rings. The summed E-state index contributed by atoms with van der Waals surface area (Å²) in [6.07, 6.45) is 5.36. The van der Waals surface area contributed by atoms with Gasteiger partial charge < -0.3 is 9.47 Å². The number of benzene rings is 1. The summed E-state index contributed by atoms with van der Waals surface area (Å²) in [6, 6.07) is 8.39. The first-order valence-electron chi connectivity index (χ1n) is 6.59. The van der Waals surface area contributed by atoms with Gasteiger partial charge in [-0.3, -0.25) is 0 Å². The molecule has 0 radical (unpaired) electrons. The van der Waals surface area contributed by atoms with E-state index in [4.69, 9.17) is 9.47 Å². The van der Waals surface area contributed by atoms with Crippen LogP contribution >= 0.6 is 0 Å². The average Bonchev–Trinajstić information content (AvgIpc) is 2.40. The Balaban J connectivity index is 1.91. The van der Waals surface area contributed by atoms with E-state index in [9.17, 15) is 0 Å². The molecule has 0 aliphatic carbocycles. The number of hydrogen-bond acceptors (Lipinski definition) is 2. The Hall–Kier alpha value is -1.02. The first kappa shape index (κ1) is 12.4. The predicted octanol–water partition coefficient (Wildman–Crippen LogP) is 3.76. The van der Waals surface area contributed by atoms with Crippen molar-refractivity contribution in [1.29, 1.82) is 0 Å². The second kappa shape index (κ2) is 6.06. The molecule has 2 atom stereocenters. The molecule has 2 rings (SSSR count). The third-order valence-electron chi connectivity index (χ3n) is 3.57. The average molecular weight is 234 g/mol. The maximum absolute atomic E-state index is 5.91. The van der Waals surface area contributed by atoms with E-state index in [0.717, 1.165) is 12.4 Å². The van der Waals surface area contributed by atoms with Crippen molar-refractivity contribution in [2.45, 2.75) is 44.6 Å². The lowest BCUT2D eigenvalue weighted by Gasteiger charge is -2.29. The van der Waals surface area contributed by atoms with Gasteiger partial charge in [0.05, 0.1) is 19.8 Å². The highest BCUT2D eigenvalue weighted by molar-refractivity contribution is 5.29. The van der Waals surface area contributed by atoms with Crippen molar-refractivity contribution in [3.8, 4) is 5.75 Å². The van der Waals surface area contributed by atoms with Crippen molar-refractivity contribution in [2.24, 2.45) is 0 Å². The van der Waals surface area contributed by atoms with Gasteiger partial charge in [-0.1, -0.05) is 25.5 Å². The van der Waals surface area contributed by atoms with Crippen molar-refractivity contribution < 1.29 is 9.47 Å². The predicted molar refractivity (Wildman–Crippen MR) is 69.6 cm³/mol. The van der Waals surface area contributed by atoms with Crippen LogP contribution in [0.25, 0.3) is 0 Å². The minimum absolute atomic E-state index is 0.495. The Bertz CT molecular complexity index is 323. The lowest BCUT2D eigenvalue weighted by molar-refractivity contribution is -0.00112. The van der Waals surface area contributed by atoms with Crippen LogP contribution in [-0.4, -0.2) is 19.8 Å².